The molecule has 0 aromatic heterocycles. The molecular formula is C23H43NO2. The first-order valence-corrected chi connectivity index (χ1v) is 11.0. The Balaban J connectivity index is 1.79. The molecule has 0 amide bonds. The quantitative estimate of drug-likeness (QED) is 0.467. The molecule has 0 aromatic carbocycles. The van der Waals surface area contributed by atoms with Crippen molar-refractivity contribution in [3.05, 3.63) is 12.7 Å². The molecule has 1 spiro atoms. The van der Waals surface area contributed by atoms with Crippen molar-refractivity contribution in [1.29, 1.82) is 0 Å². The van der Waals surface area contributed by atoms with Crippen molar-refractivity contribution >= 4 is 0 Å². The molecule has 1 aliphatic carbocycles. The van der Waals surface area contributed by atoms with E-state index in [9.17, 15) is 0 Å². The van der Waals surface area contributed by atoms with E-state index in [1.165, 1.54) is 25.7 Å². The van der Waals surface area contributed by atoms with Crippen LogP contribution in [0.1, 0.15) is 79.6 Å². The Hall–Kier alpha value is -0.380. The Morgan fingerprint density at radius 1 is 1.23 bits per heavy atom. The van der Waals surface area contributed by atoms with Crippen molar-refractivity contribution in [3.8, 4) is 0 Å². The monoisotopic (exact) mass is 365 g/mol. The van der Waals surface area contributed by atoms with Crippen LogP contribution in [0.25, 0.3) is 0 Å². The number of hydrogen-bond donors (Lipinski definition) is 0. The lowest BCUT2D eigenvalue weighted by molar-refractivity contribution is -0.198. The molecule has 0 aromatic rings. The lowest BCUT2D eigenvalue weighted by Crippen LogP contribution is -2.40. The number of rotatable bonds is 10. The van der Waals surface area contributed by atoms with Gasteiger partial charge < -0.3 is 9.47 Å². The van der Waals surface area contributed by atoms with Crippen LogP contribution in [-0.2, 0) is 9.47 Å². The zero-order valence-corrected chi connectivity index (χ0v) is 18.1. The minimum Gasteiger partial charge on any atom is -0.347 e. The highest BCUT2D eigenvalue weighted by Crippen LogP contribution is 2.48. The third-order valence-corrected chi connectivity index (χ3v) is 6.40. The third kappa shape index (κ3) is 6.07. The average molecular weight is 366 g/mol. The molecule has 1 atom stereocenters. The fourth-order valence-electron chi connectivity index (χ4n) is 5.20. The lowest BCUT2D eigenvalue weighted by Gasteiger charge is -2.43. The number of nitrogens with zero attached hydrogens (tertiary/aromatic N) is 1. The number of hydrogen-bond acceptors (Lipinski definition) is 3. The van der Waals surface area contributed by atoms with Gasteiger partial charge in [-0.05, 0) is 55.9 Å². The second-order valence-electron chi connectivity index (χ2n) is 9.70. The normalized spacial score (nSPS) is 29.8. The first kappa shape index (κ1) is 21.9. The van der Waals surface area contributed by atoms with Crippen LogP contribution in [0.2, 0.25) is 0 Å². The van der Waals surface area contributed by atoms with Gasteiger partial charge in [-0.25, -0.2) is 0 Å². The van der Waals surface area contributed by atoms with Crippen molar-refractivity contribution in [3.63, 3.8) is 0 Å². The molecule has 1 saturated heterocycles. The highest BCUT2D eigenvalue weighted by atomic mass is 16.7. The van der Waals surface area contributed by atoms with Gasteiger partial charge in [-0.1, -0.05) is 40.7 Å². The molecule has 1 heterocycles. The van der Waals surface area contributed by atoms with Gasteiger partial charge >= 0.3 is 0 Å². The Kier molecular flexibility index (Phi) is 8.18. The summed E-state index contributed by atoms with van der Waals surface area (Å²) in [5, 5.41) is 0. The van der Waals surface area contributed by atoms with Gasteiger partial charge in [-0.15, -0.1) is 6.58 Å². The standard InChI is InChI=1S/C23H43NO2/c1-7-14-24(15-8-2)16-11-21-18-25-23(26-21)12-9-20(10-13-23)22(5,6)17-19(3)4/h7,19-21H,1,8-18H2,2-6H3. The molecule has 3 heteroatoms. The summed E-state index contributed by atoms with van der Waals surface area (Å²) in [4.78, 5) is 2.46. The summed E-state index contributed by atoms with van der Waals surface area (Å²) in [6.07, 6.45) is 10.5. The van der Waals surface area contributed by atoms with Crippen LogP contribution >= 0.6 is 0 Å². The van der Waals surface area contributed by atoms with Crippen LogP contribution in [0.4, 0.5) is 0 Å². The van der Waals surface area contributed by atoms with Crippen LogP contribution in [0.5, 0.6) is 0 Å². The smallest absolute Gasteiger partial charge is 0.168 e. The summed E-state index contributed by atoms with van der Waals surface area (Å²) in [7, 11) is 0. The van der Waals surface area contributed by atoms with Gasteiger partial charge in [0.15, 0.2) is 5.79 Å². The molecule has 1 aliphatic heterocycles. The van der Waals surface area contributed by atoms with Crippen LogP contribution in [0.15, 0.2) is 12.7 Å². The van der Waals surface area contributed by atoms with Crippen LogP contribution in [0, 0.1) is 17.3 Å². The molecule has 152 valence electrons. The molecule has 0 bridgehead atoms. The van der Waals surface area contributed by atoms with E-state index >= 15 is 0 Å². The molecule has 26 heavy (non-hydrogen) atoms. The van der Waals surface area contributed by atoms with Crippen molar-refractivity contribution in [2.45, 2.75) is 91.5 Å². The second kappa shape index (κ2) is 9.71. The summed E-state index contributed by atoms with van der Waals surface area (Å²) >= 11 is 0. The van der Waals surface area contributed by atoms with Gasteiger partial charge in [0.25, 0.3) is 0 Å². The molecule has 1 saturated carbocycles. The maximum atomic E-state index is 6.46. The maximum Gasteiger partial charge on any atom is 0.168 e. The Morgan fingerprint density at radius 3 is 2.50 bits per heavy atom. The Morgan fingerprint density at radius 2 is 1.92 bits per heavy atom. The average Bonchev–Trinajstić information content (AvgIpc) is 2.95. The SMILES string of the molecule is C=CCN(CCC)CCC1COC2(CCC(C(C)(C)CC(C)C)CC2)O1. The zero-order chi connectivity index (χ0) is 19.2. The zero-order valence-electron chi connectivity index (χ0n) is 18.1. The fourth-order valence-corrected chi connectivity index (χ4v) is 5.20. The molecular weight excluding hydrogens is 322 g/mol. The van der Waals surface area contributed by atoms with Gasteiger partial charge in [0.05, 0.1) is 12.7 Å². The van der Waals surface area contributed by atoms with E-state index in [1.807, 2.05) is 6.08 Å². The molecule has 1 unspecified atom stereocenters. The Labute approximate surface area is 162 Å². The molecule has 2 rings (SSSR count). The van der Waals surface area contributed by atoms with Crippen molar-refractivity contribution in [1.82, 2.24) is 4.90 Å². The van der Waals surface area contributed by atoms with Gasteiger partial charge in [-0.2, -0.15) is 0 Å². The molecule has 3 nitrogen and oxygen atoms in total. The van der Waals surface area contributed by atoms with Gasteiger partial charge in [0.1, 0.15) is 0 Å². The molecule has 2 aliphatic rings. The topological polar surface area (TPSA) is 21.7 Å². The summed E-state index contributed by atoms with van der Waals surface area (Å²) in [6.45, 7) is 19.7. The first-order valence-electron chi connectivity index (χ1n) is 11.0. The summed E-state index contributed by atoms with van der Waals surface area (Å²) in [5.41, 5.74) is 0.430. The molecule has 0 radical (unpaired) electrons. The summed E-state index contributed by atoms with van der Waals surface area (Å²) in [5.74, 6) is 1.30. The fraction of sp³-hybridized carbons (Fsp3) is 0.913. The van der Waals surface area contributed by atoms with E-state index in [4.69, 9.17) is 9.47 Å². The lowest BCUT2D eigenvalue weighted by atomic mass is 9.66. The highest BCUT2D eigenvalue weighted by Gasteiger charge is 2.46. The minimum atomic E-state index is -0.275. The highest BCUT2D eigenvalue weighted by molar-refractivity contribution is 4.90. The van der Waals surface area contributed by atoms with Gasteiger partial charge in [0.2, 0.25) is 0 Å². The summed E-state index contributed by atoms with van der Waals surface area (Å²) in [6, 6.07) is 0. The van der Waals surface area contributed by atoms with Crippen LogP contribution < -0.4 is 0 Å². The Bertz CT molecular complexity index is 424. The predicted octanol–water partition coefficient (Wildman–Crippen LogP) is 5.65. The van der Waals surface area contributed by atoms with E-state index in [-0.39, 0.29) is 11.9 Å². The van der Waals surface area contributed by atoms with E-state index in [2.05, 4.69) is 46.1 Å². The van der Waals surface area contributed by atoms with Crippen LogP contribution in [0.3, 0.4) is 0 Å². The van der Waals surface area contributed by atoms with Gasteiger partial charge in [0, 0.05) is 25.9 Å². The summed E-state index contributed by atoms with van der Waals surface area (Å²) < 4.78 is 12.7. The second-order valence-corrected chi connectivity index (χ2v) is 9.70. The van der Waals surface area contributed by atoms with E-state index < -0.39 is 0 Å². The largest absolute Gasteiger partial charge is 0.347 e. The van der Waals surface area contributed by atoms with E-state index in [1.54, 1.807) is 0 Å². The van der Waals surface area contributed by atoms with Gasteiger partial charge in [-0.3, -0.25) is 4.90 Å². The van der Waals surface area contributed by atoms with Crippen LogP contribution in [-0.4, -0.2) is 43.0 Å². The first-order chi connectivity index (χ1) is 12.3. The van der Waals surface area contributed by atoms with Crippen molar-refractivity contribution in [2.24, 2.45) is 17.3 Å². The third-order valence-electron chi connectivity index (χ3n) is 6.40. The van der Waals surface area contributed by atoms with Crippen molar-refractivity contribution < 1.29 is 9.47 Å². The maximum absolute atomic E-state index is 6.46. The van der Waals surface area contributed by atoms with E-state index in [0.29, 0.717) is 5.41 Å². The molecule has 2 fully saturated rings. The predicted molar refractivity (Wildman–Crippen MR) is 110 cm³/mol. The minimum absolute atomic E-state index is 0.263. The van der Waals surface area contributed by atoms with E-state index in [0.717, 1.165) is 57.3 Å². The number of ether oxygens (including phenoxy) is 2. The van der Waals surface area contributed by atoms with Crippen molar-refractivity contribution in [2.75, 3.05) is 26.2 Å². The molecule has 0 N–H and O–H groups in total.